The van der Waals surface area contributed by atoms with Gasteiger partial charge in [-0.1, -0.05) is 0 Å². The fourth-order valence-corrected chi connectivity index (χ4v) is 3.11. The van der Waals surface area contributed by atoms with Crippen molar-refractivity contribution in [3.8, 4) is 0 Å². The van der Waals surface area contributed by atoms with Crippen LogP contribution in [0.15, 0.2) is 0 Å². The minimum absolute atomic E-state index is 0.0252. The van der Waals surface area contributed by atoms with Gasteiger partial charge in [-0.3, -0.25) is 20.4 Å². The van der Waals surface area contributed by atoms with Crippen molar-refractivity contribution in [2.24, 2.45) is 0 Å². The van der Waals surface area contributed by atoms with E-state index in [2.05, 4.69) is 10.9 Å². The van der Waals surface area contributed by atoms with Crippen molar-refractivity contribution < 1.29 is 19.1 Å². The Kier molecular flexibility index (Phi) is 8.69. The molecule has 2 aliphatic heterocycles. The molecule has 0 aliphatic carbocycles. The molecule has 2 N–H and O–H groups in total. The normalized spacial score (nSPS) is 20.2. The number of nitrogens with zero attached hydrogens (tertiary/aromatic N) is 2. The highest BCUT2D eigenvalue weighted by atomic mass is 32.2. The molecule has 8 nitrogen and oxygen atoms in total. The Bertz CT molecular complexity index is 340. The Morgan fingerprint density at radius 3 is 1.57 bits per heavy atom. The highest BCUT2D eigenvalue weighted by molar-refractivity contribution is 7.99. The van der Waals surface area contributed by atoms with E-state index < -0.39 is 0 Å². The average Bonchev–Trinajstić information content (AvgIpc) is 2.56. The Morgan fingerprint density at radius 1 is 0.783 bits per heavy atom. The van der Waals surface area contributed by atoms with Crippen LogP contribution in [0.1, 0.15) is 12.8 Å². The van der Waals surface area contributed by atoms with Crippen LogP contribution in [0, 0.1) is 0 Å². The summed E-state index contributed by atoms with van der Waals surface area (Å²) < 4.78 is 10.5. The molecule has 0 bridgehead atoms. The first-order valence-corrected chi connectivity index (χ1v) is 9.21. The summed E-state index contributed by atoms with van der Waals surface area (Å²) in [6.07, 6.45) is 0.931. The Hall–Kier alpha value is -0.870. The van der Waals surface area contributed by atoms with Gasteiger partial charge in [0.25, 0.3) is 0 Å². The Balaban J connectivity index is 1.45. The summed E-state index contributed by atoms with van der Waals surface area (Å²) in [7, 11) is 0. The number of nitrogens with one attached hydrogen (secondary N) is 2. The van der Waals surface area contributed by atoms with E-state index in [1.165, 1.54) is 0 Å². The van der Waals surface area contributed by atoms with Crippen LogP contribution in [0.5, 0.6) is 0 Å². The van der Waals surface area contributed by atoms with Crippen molar-refractivity contribution in [1.29, 1.82) is 0 Å². The molecular formula is C14H26N4O4S. The Morgan fingerprint density at radius 2 is 1.17 bits per heavy atom. The number of thioether (sulfide) groups is 1. The predicted octanol–water partition coefficient (Wildman–Crippen LogP) is -0.773. The highest BCUT2D eigenvalue weighted by Gasteiger charge is 2.14. The SMILES string of the molecule is O=C(CCSCCC(=O)NN1CCOCC1)NN1CCOCC1. The van der Waals surface area contributed by atoms with Gasteiger partial charge in [0.2, 0.25) is 11.8 Å². The fourth-order valence-electron chi connectivity index (χ4n) is 2.25. The summed E-state index contributed by atoms with van der Waals surface area (Å²) in [5.74, 6) is 1.50. The van der Waals surface area contributed by atoms with Crippen molar-refractivity contribution in [3.05, 3.63) is 0 Å². The summed E-state index contributed by atoms with van der Waals surface area (Å²) in [6, 6.07) is 0. The number of amides is 2. The van der Waals surface area contributed by atoms with Crippen molar-refractivity contribution in [2.75, 3.05) is 64.1 Å². The number of morpholine rings is 2. The van der Waals surface area contributed by atoms with E-state index in [-0.39, 0.29) is 11.8 Å². The third kappa shape index (κ3) is 7.98. The van der Waals surface area contributed by atoms with E-state index in [4.69, 9.17) is 9.47 Å². The molecule has 2 amide bonds. The molecule has 2 aliphatic rings. The molecule has 0 aromatic rings. The molecule has 2 rings (SSSR count). The van der Waals surface area contributed by atoms with E-state index in [0.717, 1.165) is 37.7 Å². The standard InChI is InChI=1S/C14H26N4O4S/c19-13(15-17-3-7-21-8-4-17)1-11-23-12-2-14(20)16-18-5-9-22-10-6-18/h1-12H2,(H,15,19)(H,16,20). The van der Waals surface area contributed by atoms with Crippen LogP contribution < -0.4 is 10.9 Å². The van der Waals surface area contributed by atoms with Gasteiger partial charge in [-0.05, 0) is 0 Å². The topological polar surface area (TPSA) is 83.1 Å². The van der Waals surface area contributed by atoms with Gasteiger partial charge in [0.1, 0.15) is 0 Å². The quantitative estimate of drug-likeness (QED) is 0.558. The lowest BCUT2D eigenvalue weighted by Gasteiger charge is -2.27. The number of carbonyl (C=O) groups excluding carboxylic acids is 2. The first kappa shape index (κ1) is 18.5. The summed E-state index contributed by atoms with van der Waals surface area (Å²) in [6.45, 7) is 5.59. The largest absolute Gasteiger partial charge is 0.379 e. The van der Waals surface area contributed by atoms with Gasteiger partial charge in [-0.15, -0.1) is 0 Å². The molecule has 0 aromatic carbocycles. The lowest BCUT2D eigenvalue weighted by atomic mass is 10.4. The van der Waals surface area contributed by atoms with Gasteiger partial charge in [-0.2, -0.15) is 11.8 Å². The van der Waals surface area contributed by atoms with E-state index in [1.807, 2.05) is 10.0 Å². The van der Waals surface area contributed by atoms with E-state index in [1.54, 1.807) is 11.8 Å². The molecule has 132 valence electrons. The second-order valence-electron chi connectivity index (χ2n) is 5.38. The third-order valence-corrected chi connectivity index (χ3v) is 4.52. The van der Waals surface area contributed by atoms with Crippen LogP contribution in [0.25, 0.3) is 0 Å². The maximum atomic E-state index is 11.8. The fraction of sp³-hybridized carbons (Fsp3) is 0.857. The molecule has 0 spiro atoms. The van der Waals surface area contributed by atoms with Crippen molar-refractivity contribution in [2.45, 2.75) is 12.8 Å². The van der Waals surface area contributed by atoms with Crippen molar-refractivity contribution >= 4 is 23.6 Å². The Labute approximate surface area is 141 Å². The highest BCUT2D eigenvalue weighted by Crippen LogP contribution is 2.05. The van der Waals surface area contributed by atoms with Crippen LogP contribution in [0.2, 0.25) is 0 Å². The minimum atomic E-state index is 0.0252. The molecule has 23 heavy (non-hydrogen) atoms. The maximum absolute atomic E-state index is 11.8. The second-order valence-corrected chi connectivity index (χ2v) is 6.61. The zero-order chi connectivity index (χ0) is 16.3. The molecule has 0 atom stereocenters. The molecule has 9 heteroatoms. The van der Waals surface area contributed by atoms with Crippen LogP contribution in [0.4, 0.5) is 0 Å². The summed E-state index contributed by atoms with van der Waals surface area (Å²) >= 11 is 1.63. The van der Waals surface area contributed by atoms with E-state index >= 15 is 0 Å². The van der Waals surface area contributed by atoms with E-state index in [9.17, 15) is 9.59 Å². The predicted molar refractivity (Wildman–Crippen MR) is 87.6 cm³/mol. The van der Waals surface area contributed by atoms with Crippen molar-refractivity contribution in [3.63, 3.8) is 0 Å². The molecular weight excluding hydrogens is 320 g/mol. The smallest absolute Gasteiger partial charge is 0.235 e. The molecule has 0 aromatic heterocycles. The number of carbonyl (C=O) groups is 2. The first-order valence-electron chi connectivity index (χ1n) is 8.06. The second kappa shape index (κ2) is 10.8. The maximum Gasteiger partial charge on any atom is 0.235 e. The summed E-state index contributed by atoms with van der Waals surface area (Å²) in [5.41, 5.74) is 5.75. The minimum Gasteiger partial charge on any atom is -0.379 e. The monoisotopic (exact) mass is 346 g/mol. The number of ether oxygens (including phenoxy) is 2. The molecule has 0 saturated carbocycles. The number of hydrogen-bond acceptors (Lipinski definition) is 7. The number of hydrazine groups is 2. The van der Waals surface area contributed by atoms with Gasteiger partial charge in [-0.25, -0.2) is 10.0 Å². The molecule has 2 saturated heterocycles. The van der Waals surface area contributed by atoms with Crippen molar-refractivity contribution in [1.82, 2.24) is 20.9 Å². The van der Waals surface area contributed by atoms with Crippen LogP contribution in [-0.4, -0.2) is 85.9 Å². The zero-order valence-electron chi connectivity index (χ0n) is 13.4. The molecule has 0 unspecified atom stereocenters. The van der Waals surface area contributed by atoms with Gasteiger partial charge >= 0.3 is 0 Å². The molecule has 2 fully saturated rings. The molecule has 0 radical (unpaired) electrons. The lowest BCUT2D eigenvalue weighted by molar-refractivity contribution is -0.128. The average molecular weight is 346 g/mol. The molecule has 2 heterocycles. The first-order chi connectivity index (χ1) is 11.2. The van der Waals surface area contributed by atoms with Gasteiger partial charge in [0, 0.05) is 50.5 Å². The van der Waals surface area contributed by atoms with Crippen LogP contribution in [-0.2, 0) is 19.1 Å². The third-order valence-electron chi connectivity index (χ3n) is 3.53. The van der Waals surface area contributed by atoms with Crippen LogP contribution in [0.3, 0.4) is 0 Å². The number of rotatable bonds is 8. The lowest BCUT2D eigenvalue weighted by Crippen LogP contribution is -2.48. The van der Waals surface area contributed by atoms with Gasteiger partial charge < -0.3 is 9.47 Å². The summed E-state index contributed by atoms with van der Waals surface area (Å²) in [4.78, 5) is 23.5. The van der Waals surface area contributed by atoms with Gasteiger partial charge in [0.05, 0.1) is 26.4 Å². The van der Waals surface area contributed by atoms with Crippen LogP contribution >= 0.6 is 11.8 Å². The van der Waals surface area contributed by atoms with E-state index in [0.29, 0.717) is 39.3 Å². The number of hydrogen-bond donors (Lipinski definition) is 2. The summed E-state index contributed by atoms with van der Waals surface area (Å²) in [5, 5.41) is 3.79. The zero-order valence-corrected chi connectivity index (χ0v) is 14.2. The van der Waals surface area contributed by atoms with Gasteiger partial charge in [0.15, 0.2) is 0 Å².